The molecule has 1 saturated heterocycles. The van der Waals surface area contributed by atoms with E-state index in [4.69, 9.17) is 14.6 Å². The van der Waals surface area contributed by atoms with Crippen molar-refractivity contribution in [3.05, 3.63) is 23.8 Å². The molecule has 0 bridgehead atoms. The van der Waals surface area contributed by atoms with Crippen LogP contribution < -0.4 is 9.47 Å². The van der Waals surface area contributed by atoms with E-state index in [9.17, 15) is 22.8 Å². The third kappa shape index (κ3) is 4.28. The van der Waals surface area contributed by atoms with E-state index in [1.165, 1.54) is 25.3 Å². The number of carbonyl (C=O) groups excluding carboxylic acids is 1. The molecule has 1 aliphatic carbocycles. The minimum absolute atomic E-state index is 0.100. The Morgan fingerprint density at radius 3 is 2.48 bits per heavy atom. The van der Waals surface area contributed by atoms with Gasteiger partial charge < -0.3 is 19.5 Å². The molecule has 0 spiro atoms. The lowest BCUT2D eigenvalue weighted by molar-refractivity contribution is -0.187. The summed E-state index contributed by atoms with van der Waals surface area (Å²) < 4.78 is 50.3. The van der Waals surface area contributed by atoms with Crippen LogP contribution in [0.2, 0.25) is 0 Å². The van der Waals surface area contributed by atoms with Gasteiger partial charge in [-0.2, -0.15) is 13.2 Å². The molecule has 9 heteroatoms. The molecular weight excluding hydrogens is 367 g/mol. The van der Waals surface area contributed by atoms with Gasteiger partial charge >= 0.3 is 12.1 Å². The van der Waals surface area contributed by atoms with E-state index in [0.717, 1.165) is 17.7 Å². The van der Waals surface area contributed by atoms with Gasteiger partial charge in [0.1, 0.15) is 11.5 Å². The maximum Gasteiger partial charge on any atom is 0.394 e. The van der Waals surface area contributed by atoms with Crippen LogP contribution in [0.15, 0.2) is 18.2 Å². The average molecular weight is 387 g/mol. The summed E-state index contributed by atoms with van der Waals surface area (Å²) in [4.78, 5) is 25.0. The minimum atomic E-state index is -4.69. The monoisotopic (exact) mass is 387 g/mol. The van der Waals surface area contributed by atoms with E-state index in [-0.39, 0.29) is 11.3 Å². The van der Waals surface area contributed by atoms with Crippen molar-refractivity contribution in [3.8, 4) is 11.5 Å². The lowest BCUT2D eigenvalue weighted by Crippen LogP contribution is -2.34. The summed E-state index contributed by atoms with van der Waals surface area (Å²) in [7, 11) is 1.45. The second kappa shape index (κ2) is 7.28. The predicted octanol–water partition coefficient (Wildman–Crippen LogP) is 2.82. The van der Waals surface area contributed by atoms with Crippen molar-refractivity contribution < 1.29 is 37.3 Å². The van der Waals surface area contributed by atoms with Crippen LogP contribution >= 0.6 is 0 Å². The molecule has 1 heterocycles. The Labute approximate surface area is 153 Å². The van der Waals surface area contributed by atoms with Crippen LogP contribution in [-0.4, -0.2) is 54.9 Å². The van der Waals surface area contributed by atoms with Gasteiger partial charge in [-0.3, -0.25) is 9.59 Å². The number of hydrogen-bond acceptors (Lipinski definition) is 4. The van der Waals surface area contributed by atoms with Crippen molar-refractivity contribution in [2.24, 2.45) is 17.8 Å². The molecule has 27 heavy (non-hydrogen) atoms. The van der Waals surface area contributed by atoms with Gasteiger partial charge in [-0.15, -0.1) is 0 Å². The highest BCUT2D eigenvalue weighted by Crippen LogP contribution is 2.39. The normalized spacial score (nSPS) is 22.6. The summed E-state index contributed by atoms with van der Waals surface area (Å²) in [5, 5.41) is 9.11. The first kappa shape index (κ1) is 19.3. The number of methoxy groups -OCH3 is 1. The first-order valence-electron chi connectivity index (χ1n) is 8.60. The third-order valence-corrected chi connectivity index (χ3v) is 4.94. The van der Waals surface area contributed by atoms with Gasteiger partial charge in [0.15, 0.2) is 0 Å². The van der Waals surface area contributed by atoms with Gasteiger partial charge in [-0.25, -0.2) is 0 Å². The number of nitrogens with zero attached hydrogens (tertiary/aromatic N) is 1. The number of aliphatic carboxylic acids is 1. The molecular formula is C18H20F3NO5. The SMILES string of the molecule is COc1ccc(C(=O)N2C[C@@H](C(F)(F)F)[C@H](C(=O)O)C2)c(OCC2CC2)c1. The molecule has 1 aromatic carbocycles. The summed E-state index contributed by atoms with van der Waals surface area (Å²) >= 11 is 0. The Morgan fingerprint density at radius 1 is 1.26 bits per heavy atom. The van der Waals surface area contributed by atoms with E-state index < -0.39 is 43.0 Å². The van der Waals surface area contributed by atoms with Gasteiger partial charge in [-0.05, 0) is 30.9 Å². The maximum absolute atomic E-state index is 13.2. The van der Waals surface area contributed by atoms with Crippen LogP contribution in [0.4, 0.5) is 13.2 Å². The molecule has 2 aliphatic rings. The fourth-order valence-electron chi connectivity index (χ4n) is 3.14. The molecule has 1 aliphatic heterocycles. The van der Waals surface area contributed by atoms with Crippen LogP contribution in [0, 0.1) is 17.8 Å². The summed E-state index contributed by atoms with van der Waals surface area (Å²) in [5.41, 5.74) is 0.100. The Kier molecular flexibility index (Phi) is 5.21. The van der Waals surface area contributed by atoms with Crippen LogP contribution in [0.1, 0.15) is 23.2 Å². The molecule has 148 valence electrons. The Balaban J connectivity index is 1.83. The number of carboxylic acid groups (broad SMARTS) is 1. The molecule has 0 unspecified atom stereocenters. The molecule has 0 radical (unpaired) electrons. The number of amides is 1. The van der Waals surface area contributed by atoms with Crippen molar-refractivity contribution in [1.82, 2.24) is 4.90 Å². The summed E-state index contributed by atoms with van der Waals surface area (Å²) in [6, 6.07) is 4.46. The Morgan fingerprint density at radius 2 is 1.96 bits per heavy atom. The van der Waals surface area contributed by atoms with Crippen molar-refractivity contribution >= 4 is 11.9 Å². The molecule has 1 N–H and O–H groups in total. The van der Waals surface area contributed by atoms with Crippen LogP contribution in [0.5, 0.6) is 11.5 Å². The number of benzene rings is 1. The molecule has 0 aromatic heterocycles. The zero-order valence-electron chi connectivity index (χ0n) is 14.7. The van der Waals surface area contributed by atoms with Gasteiger partial charge in [0, 0.05) is 19.2 Å². The zero-order valence-corrected chi connectivity index (χ0v) is 14.7. The van der Waals surface area contributed by atoms with Crippen molar-refractivity contribution in [3.63, 3.8) is 0 Å². The number of carboxylic acids is 1. The fourth-order valence-corrected chi connectivity index (χ4v) is 3.14. The van der Waals surface area contributed by atoms with Gasteiger partial charge in [-0.1, -0.05) is 0 Å². The second-order valence-electron chi connectivity index (χ2n) is 6.92. The van der Waals surface area contributed by atoms with Crippen molar-refractivity contribution in [2.45, 2.75) is 19.0 Å². The van der Waals surface area contributed by atoms with Crippen LogP contribution in [-0.2, 0) is 4.79 Å². The predicted molar refractivity (Wildman–Crippen MR) is 87.8 cm³/mol. The smallest absolute Gasteiger partial charge is 0.394 e. The van der Waals surface area contributed by atoms with E-state index in [1.54, 1.807) is 0 Å². The first-order valence-corrected chi connectivity index (χ1v) is 8.60. The quantitative estimate of drug-likeness (QED) is 0.812. The number of halogens is 3. The number of hydrogen-bond donors (Lipinski definition) is 1. The van der Waals surface area contributed by atoms with Crippen molar-refractivity contribution in [1.29, 1.82) is 0 Å². The highest BCUT2D eigenvalue weighted by molar-refractivity contribution is 5.97. The topological polar surface area (TPSA) is 76.1 Å². The molecule has 2 fully saturated rings. The molecule has 1 aromatic rings. The van der Waals surface area contributed by atoms with Crippen LogP contribution in [0.25, 0.3) is 0 Å². The fraction of sp³-hybridized carbons (Fsp3) is 0.556. The van der Waals surface area contributed by atoms with Gasteiger partial charge in [0.2, 0.25) is 0 Å². The summed E-state index contributed by atoms with van der Waals surface area (Å²) in [6.07, 6.45) is -2.62. The van der Waals surface area contributed by atoms with E-state index in [1.807, 2.05) is 0 Å². The summed E-state index contributed by atoms with van der Waals surface area (Å²) in [5.74, 6) is -4.91. The molecule has 3 rings (SSSR count). The van der Waals surface area contributed by atoms with Crippen molar-refractivity contribution in [2.75, 3.05) is 26.8 Å². The number of likely N-dealkylation sites (tertiary alicyclic amines) is 1. The standard InChI is InChI=1S/C18H20F3NO5/c1-26-11-4-5-12(15(6-11)27-9-10-2-3-10)16(23)22-7-13(17(24)25)14(8-22)18(19,20)21/h4-6,10,13-14H,2-3,7-9H2,1H3,(H,24,25)/t13-,14-/m1/s1. The van der Waals surface area contributed by atoms with E-state index >= 15 is 0 Å². The Bertz CT molecular complexity index is 732. The lowest BCUT2D eigenvalue weighted by atomic mass is 9.96. The average Bonchev–Trinajstić information content (AvgIpc) is 3.32. The molecule has 6 nitrogen and oxygen atoms in total. The highest BCUT2D eigenvalue weighted by atomic mass is 19.4. The number of ether oxygens (including phenoxy) is 2. The number of rotatable bonds is 6. The Hall–Kier alpha value is -2.45. The van der Waals surface area contributed by atoms with Crippen LogP contribution in [0.3, 0.4) is 0 Å². The largest absolute Gasteiger partial charge is 0.497 e. The maximum atomic E-state index is 13.2. The second-order valence-corrected chi connectivity index (χ2v) is 6.92. The molecule has 2 atom stereocenters. The number of alkyl halides is 3. The molecule has 1 saturated carbocycles. The van der Waals surface area contributed by atoms with E-state index in [0.29, 0.717) is 18.3 Å². The summed E-state index contributed by atoms with van der Waals surface area (Å²) in [6.45, 7) is -0.768. The van der Waals surface area contributed by atoms with Gasteiger partial charge in [0.05, 0.1) is 31.1 Å². The lowest BCUT2D eigenvalue weighted by Gasteiger charge is -2.20. The first-order chi connectivity index (χ1) is 12.7. The van der Waals surface area contributed by atoms with Gasteiger partial charge in [0.25, 0.3) is 5.91 Å². The minimum Gasteiger partial charge on any atom is -0.497 e. The third-order valence-electron chi connectivity index (χ3n) is 4.94. The molecule has 1 amide bonds. The highest BCUT2D eigenvalue weighted by Gasteiger charge is 2.53. The van der Waals surface area contributed by atoms with E-state index in [2.05, 4.69) is 0 Å². The zero-order chi connectivity index (χ0) is 19.8. The number of carbonyl (C=O) groups is 2.